The number of allylic oxidation sites excluding steroid dienone is 1. The first-order chi connectivity index (χ1) is 12.7. The molecule has 0 bridgehead atoms. The standard InChI is InChI=1S/C21H13N3O2/c22-12-17(20-23-18-11-4-3-9-16(18)21(26)24-20)19(25)15-10-5-7-13-6-1-2-8-14(13)15/h1-11,25H,(H,23,24,26)/b19-17+. The van der Waals surface area contributed by atoms with Crippen LogP contribution >= 0.6 is 0 Å². The van der Waals surface area contributed by atoms with Gasteiger partial charge < -0.3 is 10.1 Å². The number of benzene rings is 3. The molecule has 0 aliphatic rings. The first-order valence-electron chi connectivity index (χ1n) is 8.00. The van der Waals surface area contributed by atoms with Crippen molar-refractivity contribution in [2.45, 2.75) is 0 Å². The second kappa shape index (κ2) is 6.19. The Morgan fingerprint density at radius 2 is 1.65 bits per heavy atom. The average Bonchev–Trinajstić information content (AvgIpc) is 2.68. The van der Waals surface area contributed by atoms with Crippen LogP contribution in [0.4, 0.5) is 0 Å². The van der Waals surface area contributed by atoms with Gasteiger partial charge in [0, 0.05) is 5.56 Å². The van der Waals surface area contributed by atoms with Gasteiger partial charge in [0.1, 0.15) is 17.4 Å². The third-order valence-electron chi connectivity index (χ3n) is 4.24. The van der Waals surface area contributed by atoms with E-state index in [1.54, 1.807) is 36.4 Å². The zero-order chi connectivity index (χ0) is 18.1. The van der Waals surface area contributed by atoms with E-state index in [0.29, 0.717) is 16.5 Å². The van der Waals surface area contributed by atoms with Crippen molar-refractivity contribution in [2.75, 3.05) is 0 Å². The largest absolute Gasteiger partial charge is 0.506 e. The molecule has 0 fully saturated rings. The summed E-state index contributed by atoms with van der Waals surface area (Å²) >= 11 is 0. The van der Waals surface area contributed by atoms with Crippen molar-refractivity contribution in [3.63, 3.8) is 0 Å². The van der Waals surface area contributed by atoms with Crippen molar-refractivity contribution in [2.24, 2.45) is 0 Å². The minimum atomic E-state index is -0.357. The third kappa shape index (κ3) is 2.50. The van der Waals surface area contributed by atoms with Gasteiger partial charge in [0.2, 0.25) is 0 Å². The summed E-state index contributed by atoms with van der Waals surface area (Å²) in [6.45, 7) is 0. The minimum absolute atomic E-state index is 0.0432. The number of hydrogen-bond acceptors (Lipinski definition) is 4. The van der Waals surface area contributed by atoms with Gasteiger partial charge in [-0.3, -0.25) is 4.79 Å². The van der Waals surface area contributed by atoms with Crippen LogP contribution in [0, 0.1) is 11.3 Å². The molecule has 124 valence electrons. The Labute approximate surface area is 148 Å². The minimum Gasteiger partial charge on any atom is -0.506 e. The number of aliphatic hydroxyl groups excluding tert-OH is 1. The van der Waals surface area contributed by atoms with E-state index in [9.17, 15) is 15.2 Å². The van der Waals surface area contributed by atoms with Gasteiger partial charge in [-0.1, -0.05) is 54.6 Å². The van der Waals surface area contributed by atoms with Gasteiger partial charge in [0.15, 0.2) is 5.82 Å². The van der Waals surface area contributed by atoms with Crippen LogP contribution in [0.5, 0.6) is 0 Å². The fourth-order valence-electron chi connectivity index (χ4n) is 2.99. The van der Waals surface area contributed by atoms with Crippen molar-refractivity contribution in [3.8, 4) is 6.07 Å². The molecule has 0 saturated carbocycles. The van der Waals surface area contributed by atoms with Crippen LogP contribution < -0.4 is 5.56 Å². The van der Waals surface area contributed by atoms with Crippen LogP contribution in [0.2, 0.25) is 0 Å². The SMILES string of the molecule is N#C/C(=C(\O)c1cccc2ccccc12)c1nc2ccccc2c(=O)[nH]1. The highest BCUT2D eigenvalue weighted by molar-refractivity contribution is 6.01. The van der Waals surface area contributed by atoms with Gasteiger partial charge in [0.05, 0.1) is 10.9 Å². The molecule has 4 aromatic rings. The van der Waals surface area contributed by atoms with Gasteiger partial charge in [0.25, 0.3) is 5.56 Å². The number of nitriles is 1. The summed E-state index contributed by atoms with van der Waals surface area (Å²) in [6.07, 6.45) is 0. The van der Waals surface area contributed by atoms with Crippen LogP contribution in [-0.4, -0.2) is 15.1 Å². The lowest BCUT2D eigenvalue weighted by atomic mass is 10.0. The molecule has 26 heavy (non-hydrogen) atoms. The van der Waals surface area contributed by atoms with Gasteiger partial charge >= 0.3 is 0 Å². The number of aliphatic hydroxyl groups is 1. The smallest absolute Gasteiger partial charge is 0.259 e. The Morgan fingerprint density at radius 3 is 2.46 bits per heavy atom. The molecule has 3 aromatic carbocycles. The number of aromatic nitrogens is 2. The first kappa shape index (κ1) is 15.6. The molecular weight excluding hydrogens is 326 g/mol. The van der Waals surface area contributed by atoms with E-state index in [-0.39, 0.29) is 22.7 Å². The molecule has 5 heteroatoms. The molecule has 0 aliphatic heterocycles. The van der Waals surface area contributed by atoms with Gasteiger partial charge in [-0.05, 0) is 22.9 Å². The fraction of sp³-hybridized carbons (Fsp3) is 0. The normalized spacial score (nSPS) is 12.0. The van der Waals surface area contributed by atoms with E-state index in [0.717, 1.165) is 10.8 Å². The highest BCUT2D eigenvalue weighted by atomic mass is 16.3. The first-order valence-corrected chi connectivity index (χ1v) is 8.00. The van der Waals surface area contributed by atoms with Crippen molar-refractivity contribution in [1.29, 1.82) is 5.26 Å². The molecule has 0 saturated heterocycles. The monoisotopic (exact) mass is 339 g/mol. The van der Waals surface area contributed by atoms with E-state index >= 15 is 0 Å². The number of rotatable bonds is 2. The molecule has 1 heterocycles. The summed E-state index contributed by atoms with van der Waals surface area (Å²) < 4.78 is 0. The predicted molar refractivity (Wildman–Crippen MR) is 101 cm³/mol. The Balaban J connectivity index is 1.99. The number of nitrogens with zero attached hydrogens (tertiary/aromatic N) is 2. The molecule has 0 aliphatic carbocycles. The summed E-state index contributed by atoms with van der Waals surface area (Å²) in [4.78, 5) is 19.2. The van der Waals surface area contributed by atoms with E-state index in [2.05, 4.69) is 9.97 Å². The van der Waals surface area contributed by atoms with Crippen LogP contribution in [0.25, 0.3) is 33.0 Å². The lowest BCUT2D eigenvalue weighted by Gasteiger charge is -2.08. The van der Waals surface area contributed by atoms with Gasteiger partial charge in [-0.15, -0.1) is 0 Å². The van der Waals surface area contributed by atoms with Crippen molar-refractivity contribution < 1.29 is 5.11 Å². The second-order valence-corrected chi connectivity index (χ2v) is 5.79. The summed E-state index contributed by atoms with van der Waals surface area (Å²) in [5.74, 6) is -0.177. The fourth-order valence-corrected chi connectivity index (χ4v) is 2.99. The maximum atomic E-state index is 12.3. The highest BCUT2D eigenvalue weighted by Crippen LogP contribution is 2.28. The van der Waals surface area contributed by atoms with Crippen molar-refractivity contribution in [3.05, 3.63) is 88.5 Å². The summed E-state index contributed by atoms with van der Waals surface area (Å²) in [5, 5.41) is 22.6. The molecular formula is C21H13N3O2. The van der Waals surface area contributed by atoms with Crippen LogP contribution in [-0.2, 0) is 0 Å². The number of para-hydroxylation sites is 1. The highest BCUT2D eigenvalue weighted by Gasteiger charge is 2.16. The quantitative estimate of drug-likeness (QED) is 0.426. The van der Waals surface area contributed by atoms with Crippen molar-refractivity contribution in [1.82, 2.24) is 9.97 Å². The molecule has 2 N–H and O–H groups in total. The number of hydrogen-bond donors (Lipinski definition) is 2. The number of fused-ring (bicyclic) bond motifs is 2. The van der Waals surface area contributed by atoms with E-state index < -0.39 is 0 Å². The molecule has 0 atom stereocenters. The van der Waals surface area contributed by atoms with Crippen LogP contribution in [0.1, 0.15) is 11.4 Å². The number of aromatic amines is 1. The molecule has 0 amide bonds. The molecule has 0 unspecified atom stereocenters. The zero-order valence-electron chi connectivity index (χ0n) is 13.6. The summed E-state index contributed by atoms with van der Waals surface area (Å²) in [6, 6.07) is 21.8. The third-order valence-corrected chi connectivity index (χ3v) is 4.24. The topological polar surface area (TPSA) is 89.8 Å². The van der Waals surface area contributed by atoms with Crippen molar-refractivity contribution >= 4 is 33.0 Å². The molecule has 5 nitrogen and oxygen atoms in total. The summed E-state index contributed by atoms with van der Waals surface area (Å²) in [7, 11) is 0. The molecule has 0 spiro atoms. The molecule has 1 aromatic heterocycles. The Morgan fingerprint density at radius 1 is 0.962 bits per heavy atom. The Hall–Kier alpha value is -3.91. The van der Waals surface area contributed by atoms with E-state index in [1.807, 2.05) is 36.4 Å². The van der Waals surface area contributed by atoms with Crippen LogP contribution in [0.15, 0.2) is 71.5 Å². The Bertz CT molecular complexity index is 1270. The number of H-pyrrole nitrogens is 1. The van der Waals surface area contributed by atoms with Gasteiger partial charge in [-0.25, -0.2) is 4.98 Å². The Kier molecular flexibility index (Phi) is 3.71. The van der Waals surface area contributed by atoms with E-state index in [4.69, 9.17) is 0 Å². The predicted octanol–water partition coefficient (Wildman–Crippen LogP) is 4.03. The zero-order valence-corrected chi connectivity index (χ0v) is 13.6. The maximum Gasteiger partial charge on any atom is 0.259 e. The van der Waals surface area contributed by atoms with Crippen LogP contribution in [0.3, 0.4) is 0 Å². The average molecular weight is 339 g/mol. The maximum absolute atomic E-state index is 12.3. The van der Waals surface area contributed by atoms with Gasteiger partial charge in [-0.2, -0.15) is 5.26 Å². The number of nitrogens with one attached hydrogen (secondary N) is 1. The van der Waals surface area contributed by atoms with E-state index in [1.165, 1.54) is 0 Å². The lowest BCUT2D eigenvalue weighted by molar-refractivity contribution is 0.514. The molecule has 4 rings (SSSR count). The lowest BCUT2D eigenvalue weighted by Crippen LogP contribution is -2.11. The summed E-state index contributed by atoms with van der Waals surface area (Å²) in [5.41, 5.74) is 0.536. The molecule has 0 radical (unpaired) electrons. The second-order valence-electron chi connectivity index (χ2n) is 5.79.